The summed E-state index contributed by atoms with van der Waals surface area (Å²) in [6.45, 7) is 1.03. The second kappa shape index (κ2) is 6.95. The van der Waals surface area contributed by atoms with Gasteiger partial charge in [-0.05, 0) is 11.6 Å². The molecule has 1 aliphatic rings. The van der Waals surface area contributed by atoms with Crippen LogP contribution >= 0.6 is 11.8 Å². The maximum Gasteiger partial charge on any atom is 0.351 e. The molecular weight excluding hydrogens is 302 g/mol. The van der Waals surface area contributed by atoms with Crippen LogP contribution in [0.4, 0.5) is 5.82 Å². The fourth-order valence-electron chi connectivity index (χ4n) is 2.17. The Morgan fingerprint density at radius 3 is 2.95 bits per heavy atom. The zero-order valence-electron chi connectivity index (χ0n) is 11.9. The summed E-state index contributed by atoms with van der Waals surface area (Å²) in [5, 5.41) is 0. The summed E-state index contributed by atoms with van der Waals surface area (Å²) in [4.78, 5) is 15.5. The van der Waals surface area contributed by atoms with E-state index in [4.69, 9.17) is 15.2 Å². The van der Waals surface area contributed by atoms with E-state index in [0.29, 0.717) is 19.0 Å². The Balaban J connectivity index is 1.51. The van der Waals surface area contributed by atoms with E-state index < -0.39 is 5.69 Å². The first kappa shape index (κ1) is 15.1. The van der Waals surface area contributed by atoms with Crippen LogP contribution in [0.1, 0.15) is 11.8 Å². The maximum atomic E-state index is 11.8. The number of aromatic nitrogens is 2. The summed E-state index contributed by atoms with van der Waals surface area (Å²) in [6.07, 6.45) is 1.29. The molecule has 116 valence electrons. The molecular formula is C15H17N3O3S. The number of ether oxygens (including phenoxy) is 2. The third kappa shape index (κ3) is 3.68. The SMILES string of the molecule is Nc1ccn([C@@H]2CS[C@H](COCc3ccccc3)O2)c(=O)n1. The van der Waals surface area contributed by atoms with Gasteiger partial charge >= 0.3 is 5.69 Å². The maximum absolute atomic E-state index is 11.8. The van der Waals surface area contributed by atoms with Gasteiger partial charge in [-0.1, -0.05) is 30.3 Å². The number of hydrogen-bond acceptors (Lipinski definition) is 6. The Bertz CT molecular complexity index is 677. The van der Waals surface area contributed by atoms with Gasteiger partial charge in [0, 0.05) is 11.9 Å². The zero-order chi connectivity index (χ0) is 15.4. The first-order valence-electron chi connectivity index (χ1n) is 6.96. The average Bonchev–Trinajstić information content (AvgIpc) is 2.97. The normalized spacial score (nSPS) is 21.1. The predicted octanol–water partition coefficient (Wildman–Crippen LogP) is 1.63. The molecule has 0 aliphatic carbocycles. The van der Waals surface area contributed by atoms with Gasteiger partial charge < -0.3 is 15.2 Å². The summed E-state index contributed by atoms with van der Waals surface area (Å²) >= 11 is 1.63. The Labute approximate surface area is 132 Å². The summed E-state index contributed by atoms with van der Waals surface area (Å²) in [5.74, 6) is 0.903. The van der Waals surface area contributed by atoms with E-state index in [1.165, 1.54) is 4.57 Å². The molecule has 1 fully saturated rings. The number of nitrogens with zero attached hydrogens (tertiary/aromatic N) is 2. The second-order valence-corrected chi connectivity index (χ2v) is 6.09. The van der Waals surface area contributed by atoms with Crippen LogP contribution in [-0.4, -0.2) is 27.3 Å². The Kier molecular flexibility index (Phi) is 4.77. The minimum absolute atomic E-state index is 0.0850. The molecule has 1 saturated heterocycles. The molecule has 2 heterocycles. The van der Waals surface area contributed by atoms with Gasteiger partial charge in [0.15, 0.2) is 0 Å². The van der Waals surface area contributed by atoms with E-state index in [1.807, 2.05) is 30.3 Å². The molecule has 6 nitrogen and oxygen atoms in total. The smallest absolute Gasteiger partial charge is 0.351 e. The highest BCUT2D eigenvalue weighted by Gasteiger charge is 2.28. The van der Waals surface area contributed by atoms with Gasteiger partial charge in [-0.15, -0.1) is 11.8 Å². The van der Waals surface area contributed by atoms with Crippen LogP contribution in [0.3, 0.4) is 0 Å². The molecule has 0 saturated carbocycles. The van der Waals surface area contributed by atoms with Crippen LogP contribution in [0.25, 0.3) is 0 Å². The van der Waals surface area contributed by atoms with Crippen LogP contribution in [0.5, 0.6) is 0 Å². The summed E-state index contributed by atoms with van der Waals surface area (Å²) < 4.78 is 13.0. The van der Waals surface area contributed by atoms with E-state index >= 15 is 0 Å². The van der Waals surface area contributed by atoms with Crippen molar-refractivity contribution in [2.24, 2.45) is 0 Å². The third-order valence-corrected chi connectivity index (χ3v) is 4.36. The number of hydrogen-bond donors (Lipinski definition) is 1. The van der Waals surface area contributed by atoms with Crippen LogP contribution in [0.2, 0.25) is 0 Å². The van der Waals surface area contributed by atoms with E-state index in [0.717, 1.165) is 5.56 Å². The molecule has 1 aliphatic heterocycles. The molecule has 2 N–H and O–H groups in total. The van der Waals surface area contributed by atoms with E-state index in [2.05, 4.69) is 4.98 Å². The van der Waals surface area contributed by atoms with Gasteiger partial charge in [-0.3, -0.25) is 4.57 Å². The number of nitrogens with two attached hydrogens (primary N) is 1. The minimum atomic E-state index is -0.392. The van der Waals surface area contributed by atoms with E-state index in [9.17, 15) is 4.79 Å². The molecule has 2 aromatic rings. The lowest BCUT2D eigenvalue weighted by Crippen LogP contribution is -2.28. The molecule has 22 heavy (non-hydrogen) atoms. The summed E-state index contributed by atoms with van der Waals surface area (Å²) in [7, 11) is 0. The van der Waals surface area contributed by atoms with Gasteiger partial charge in [0.25, 0.3) is 0 Å². The van der Waals surface area contributed by atoms with Crippen molar-refractivity contribution in [2.45, 2.75) is 18.3 Å². The highest BCUT2D eigenvalue weighted by molar-refractivity contribution is 8.00. The third-order valence-electron chi connectivity index (χ3n) is 3.26. The molecule has 1 aromatic carbocycles. The van der Waals surface area contributed by atoms with Crippen molar-refractivity contribution in [3.8, 4) is 0 Å². The van der Waals surface area contributed by atoms with Gasteiger partial charge in [-0.25, -0.2) is 4.79 Å². The monoisotopic (exact) mass is 319 g/mol. The fraction of sp³-hybridized carbons (Fsp3) is 0.333. The second-order valence-electron chi connectivity index (χ2n) is 4.90. The first-order valence-corrected chi connectivity index (χ1v) is 8.00. The number of anilines is 1. The molecule has 0 amide bonds. The molecule has 0 spiro atoms. The van der Waals surface area contributed by atoms with Crippen molar-refractivity contribution in [2.75, 3.05) is 18.1 Å². The lowest BCUT2D eigenvalue weighted by Gasteiger charge is -2.14. The Hall–Kier alpha value is -1.83. The molecule has 1 aromatic heterocycles. The highest BCUT2D eigenvalue weighted by atomic mass is 32.2. The minimum Gasteiger partial charge on any atom is -0.383 e. The average molecular weight is 319 g/mol. The first-order chi connectivity index (χ1) is 10.7. The van der Waals surface area contributed by atoms with Crippen molar-refractivity contribution < 1.29 is 9.47 Å². The van der Waals surface area contributed by atoms with Crippen LogP contribution in [0, 0.1) is 0 Å². The Morgan fingerprint density at radius 2 is 2.18 bits per heavy atom. The predicted molar refractivity (Wildman–Crippen MR) is 85.4 cm³/mol. The van der Waals surface area contributed by atoms with Crippen LogP contribution in [0.15, 0.2) is 47.4 Å². The summed E-state index contributed by atoms with van der Waals surface area (Å²) in [5.41, 5.74) is 6.13. The number of benzene rings is 1. The van der Waals surface area contributed by atoms with Crippen molar-refractivity contribution in [3.05, 3.63) is 58.6 Å². The summed E-state index contributed by atoms with van der Waals surface area (Å²) in [6, 6.07) is 11.6. The lowest BCUT2D eigenvalue weighted by atomic mass is 10.2. The van der Waals surface area contributed by atoms with Gasteiger partial charge in [-0.2, -0.15) is 4.98 Å². The van der Waals surface area contributed by atoms with Crippen LogP contribution in [-0.2, 0) is 16.1 Å². The topological polar surface area (TPSA) is 79.4 Å². The van der Waals surface area contributed by atoms with E-state index in [-0.39, 0.29) is 17.5 Å². The van der Waals surface area contributed by atoms with Crippen LogP contribution < -0.4 is 11.4 Å². The Morgan fingerprint density at radius 1 is 1.36 bits per heavy atom. The standard InChI is InChI=1S/C15H17N3O3S/c16-12-6-7-18(15(19)17-12)13-10-22-14(21-13)9-20-8-11-4-2-1-3-5-11/h1-7,13-14H,8-10H2,(H2,16,17,19)/t13-,14+/m0/s1. The van der Waals surface area contributed by atoms with Gasteiger partial charge in [0.1, 0.15) is 17.5 Å². The quantitative estimate of drug-likeness (QED) is 0.902. The van der Waals surface area contributed by atoms with Gasteiger partial charge in [0.05, 0.1) is 13.2 Å². The molecule has 0 unspecified atom stereocenters. The molecule has 3 rings (SSSR count). The van der Waals surface area contributed by atoms with Gasteiger partial charge in [0.2, 0.25) is 0 Å². The van der Waals surface area contributed by atoms with Crippen molar-refractivity contribution >= 4 is 17.6 Å². The molecule has 0 bridgehead atoms. The van der Waals surface area contributed by atoms with E-state index in [1.54, 1.807) is 24.0 Å². The number of nitrogen functional groups attached to an aromatic ring is 1. The fourth-order valence-corrected chi connectivity index (χ4v) is 3.19. The molecule has 7 heteroatoms. The molecule has 0 radical (unpaired) electrons. The number of thioether (sulfide) groups is 1. The highest BCUT2D eigenvalue weighted by Crippen LogP contribution is 2.31. The van der Waals surface area contributed by atoms with Crippen molar-refractivity contribution in [3.63, 3.8) is 0 Å². The van der Waals surface area contributed by atoms with Crippen molar-refractivity contribution in [1.82, 2.24) is 9.55 Å². The van der Waals surface area contributed by atoms with Crippen molar-refractivity contribution in [1.29, 1.82) is 0 Å². The molecule has 2 atom stereocenters. The number of rotatable bonds is 5. The lowest BCUT2D eigenvalue weighted by molar-refractivity contribution is -0.0282. The largest absolute Gasteiger partial charge is 0.383 e. The zero-order valence-corrected chi connectivity index (χ0v) is 12.7.